The van der Waals surface area contributed by atoms with Crippen LogP contribution in [0.1, 0.15) is 16.9 Å². The lowest BCUT2D eigenvalue weighted by Crippen LogP contribution is -2.38. The van der Waals surface area contributed by atoms with Gasteiger partial charge in [-0.15, -0.1) is 0 Å². The number of imide groups is 1. The van der Waals surface area contributed by atoms with Crippen molar-refractivity contribution in [2.24, 2.45) is 0 Å². The Labute approximate surface area is 179 Å². The van der Waals surface area contributed by atoms with Gasteiger partial charge in [-0.1, -0.05) is 47.5 Å². The molecule has 2 heterocycles. The number of rotatable bonds is 5. The number of hydrogen-bond acceptors (Lipinski definition) is 4. The van der Waals surface area contributed by atoms with Crippen molar-refractivity contribution in [3.8, 4) is 11.3 Å². The molecule has 0 saturated carbocycles. The summed E-state index contributed by atoms with van der Waals surface area (Å²) in [7, 11) is 0. The highest BCUT2D eigenvalue weighted by Crippen LogP contribution is 2.24. The Hall–Kier alpha value is -4.13. The summed E-state index contributed by atoms with van der Waals surface area (Å²) in [5.41, 5.74) is 3.76. The molecule has 156 valence electrons. The van der Waals surface area contributed by atoms with Gasteiger partial charge in [0, 0.05) is 17.3 Å². The van der Waals surface area contributed by atoms with Gasteiger partial charge < -0.3 is 15.1 Å². The van der Waals surface area contributed by atoms with E-state index in [9.17, 15) is 14.4 Å². The summed E-state index contributed by atoms with van der Waals surface area (Å²) < 4.78 is 5.78. The molecule has 0 radical (unpaired) electrons. The van der Waals surface area contributed by atoms with Crippen molar-refractivity contribution in [1.29, 1.82) is 0 Å². The fourth-order valence-corrected chi connectivity index (χ4v) is 3.14. The number of urea groups is 1. The second-order valence-electron chi connectivity index (χ2n) is 7.36. The van der Waals surface area contributed by atoms with E-state index in [2.05, 4.69) is 10.6 Å². The molecule has 0 spiro atoms. The lowest BCUT2D eigenvalue weighted by atomic mass is 10.1. The highest BCUT2D eigenvalue weighted by Gasteiger charge is 2.35. The second-order valence-corrected chi connectivity index (χ2v) is 7.36. The number of benzene rings is 2. The molecule has 31 heavy (non-hydrogen) atoms. The molecule has 1 aliphatic heterocycles. The largest absolute Gasteiger partial charge is 0.457 e. The molecule has 0 unspecified atom stereocenters. The first-order chi connectivity index (χ1) is 14.9. The molecule has 7 nitrogen and oxygen atoms in total. The van der Waals surface area contributed by atoms with E-state index >= 15 is 0 Å². The van der Waals surface area contributed by atoms with Crippen LogP contribution in [0.5, 0.6) is 0 Å². The van der Waals surface area contributed by atoms with Gasteiger partial charge in [0.15, 0.2) is 0 Å². The van der Waals surface area contributed by atoms with Gasteiger partial charge in [-0.2, -0.15) is 0 Å². The van der Waals surface area contributed by atoms with Crippen LogP contribution < -0.4 is 10.6 Å². The molecule has 1 fully saturated rings. The molecular weight excluding hydrogens is 394 g/mol. The van der Waals surface area contributed by atoms with E-state index in [-0.39, 0.29) is 12.2 Å². The zero-order chi connectivity index (χ0) is 22.0. The quantitative estimate of drug-likeness (QED) is 0.485. The Balaban J connectivity index is 1.44. The molecule has 1 saturated heterocycles. The summed E-state index contributed by atoms with van der Waals surface area (Å²) in [6.07, 6.45) is 1.45. The molecule has 4 rings (SSSR count). The first-order valence-electron chi connectivity index (χ1n) is 9.77. The fraction of sp³-hybridized carbons (Fsp3) is 0.125. The van der Waals surface area contributed by atoms with Gasteiger partial charge in [0.25, 0.3) is 5.91 Å². The van der Waals surface area contributed by atoms with Crippen molar-refractivity contribution in [2.45, 2.75) is 13.8 Å². The van der Waals surface area contributed by atoms with E-state index in [0.29, 0.717) is 17.2 Å². The Kier molecular flexibility index (Phi) is 5.41. The molecule has 7 heteroatoms. The number of aryl methyl sites for hydroxylation is 2. The number of nitrogens with one attached hydrogen (secondary N) is 2. The average Bonchev–Trinajstić information content (AvgIpc) is 3.31. The summed E-state index contributed by atoms with van der Waals surface area (Å²) in [5.74, 6) is 0.0220. The van der Waals surface area contributed by atoms with Crippen LogP contribution in [0, 0.1) is 13.8 Å². The third kappa shape index (κ3) is 4.56. The summed E-state index contributed by atoms with van der Waals surface area (Å²) in [6.45, 7) is 3.56. The molecule has 2 N–H and O–H groups in total. The van der Waals surface area contributed by atoms with E-state index in [1.54, 1.807) is 24.3 Å². The number of carbonyl (C=O) groups is 3. The minimum atomic E-state index is -0.652. The van der Waals surface area contributed by atoms with Gasteiger partial charge in [-0.3, -0.25) is 9.59 Å². The summed E-state index contributed by atoms with van der Waals surface area (Å²) >= 11 is 0. The monoisotopic (exact) mass is 415 g/mol. The first kappa shape index (κ1) is 20.2. The fourth-order valence-electron chi connectivity index (χ4n) is 3.14. The van der Waals surface area contributed by atoms with Crippen LogP contribution in [-0.2, 0) is 9.59 Å². The summed E-state index contributed by atoms with van der Waals surface area (Å²) in [5, 5.41) is 5.17. The zero-order valence-corrected chi connectivity index (χ0v) is 17.1. The van der Waals surface area contributed by atoms with Crippen LogP contribution in [0.15, 0.2) is 70.8 Å². The van der Waals surface area contributed by atoms with Gasteiger partial charge in [-0.25, -0.2) is 9.69 Å². The molecule has 3 aromatic rings. The van der Waals surface area contributed by atoms with Crippen molar-refractivity contribution in [3.63, 3.8) is 0 Å². The Bertz CT molecular complexity index is 1170. The third-order valence-electron chi connectivity index (χ3n) is 4.85. The number of amides is 4. The Morgan fingerprint density at radius 2 is 1.61 bits per heavy atom. The number of hydrogen-bond donors (Lipinski definition) is 2. The minimum absolute atomic E-state index is 0.0537. The maximum atomic E-state index is 12.6. The van der Waals surface area contributed by atoms with Crippen LogP contribution in [0.2, 0.25) is 0 Å². The van der Waals surface area contributed by atoms with E-state index in [4.69, 9.17) is 4.42 Å². The normalized spacial score (nSPS) is 14.8. The molecule has 0 atom stereocenters. The van der Waals surface area contributed by atoms with Crippen molar-refractivity contribution < 1.29 is 18.8 Å². The van der Waals surface area contributed by atoms with Crippen molar-refractivity contribution in [2.75, 3.05) is 11.9 Å². The van der Waals surface area contributed by atoms with Gasteiger partial charge >= 0.3 is 6.03 Å². The van der Waals surface area contributed by atoms with Crippen LogP contribution in [0.3, 0.4) is 0 Å². The topological polar surface area (TPSA) is 91.7 Å². The van der Waals surface area contributed by atoms with Crippen LogP contribution in [-0.4, -0.2) is 29.3 Å². The highest BCUT2D eigenvalue weighted by atomic mass is 16.3. The van der Waals surface area contributed by atoms with Gasteiger partial charge in [0.05, 0.1) is 0 Å². The molecule has 2 aromatic carbocycles. The SMILES string of the molecule is Cc1ccc(NC(=O)CN2C(=O)N/C(=C\c3ccc(-c4ccc(C)cc4)o3)C2=O)cc1. The number of carbonyl (C=O) groups excluding carboxylic acids is 3. The highest BCUT2D eigenvalue weighted by molar-refractivity contribution is 6.15. The second kappa shape index (κ2) is 8.31. The van der Waals surface area contributed by atoms with Gasteiger partial charge in [0.1, 0.15) is 23.8 Å². The average molecular weight is 415 g/mol. The molecule has 1 aromatic heterocycles. The molecule has 4 amide bonds. The molecular formula is C24H21N3O4. The predicted octanol–water partition coefficient (Wildman–Crippen LogP) is 4.09. The first-order valence-corrected chi connectivity index (χ1v) is 9.77. The van der Waals surface area contributed by atoms with Crippen molar-refractivity contribution >= 4 is 29.6 Å². The molecule has 0 bridgehead atoms. The summed E-state index contributed by atoms with van der Waals surface area (Å²) in [4.78, 5) is 38.0. The maximum Gasteiger partial charge on any atom is 0.329 e. The van der Waals surface area contributed by atoms with Crippen LogP contribution in [0.25, 0.3) is 17.4 Å². The number of furan rings is 1. The lowest BCUT2D eigenvalue weighted by molar-refractivity contribution is -0.127. The smallest absolute Gasteiger partial charge is 0.329 e. The van der Waals surface area contributed by atoms with Gasteiger partial charge in [0.2, 0.25) is 5.91 Å². The van der Waals surface area contributed by atoms with Crippen LogP contribution >= 0.6 is 0 Å². The van der Waals surface area contributed by atoms with E-state index in [1.807, 2.05) is 50.2 Å². The van der Waals surface area contributed by atoms with E-state index < -0.39 is 17.8 Å². The standard InChI is InChI=1S/C24H21N3O4/c1-15-3-7-17(8-4-15)21-12-11-19(31-21)13-20-23(29)27(24(30)26-20)14-22(28)25-18-9-5-16(2)6-10-18/h3-13H,14H2,1-2H3,(H,25,28)(H,26,30)/b20-13-. The number of anilines is 1. The number of nitrogens with zero attached hydrogens (tertiary/aromatic N) is 1. The zero-order valence-electron chi connectivity index (χ0n) is 17.1. The van der Waals surface area contributed by atoms with E-state index in [0.717, 1.165) is 21.6 Å². The predicted molar refractivity (Wildman–Crippen MR) is 117 cm³/mol. The molecule has 0 aliphatic carbocycles. The Morgan fingerprint density at radius 3 is 2.29 bits per heavy atom. The van der Waals surface area contributed by atoms with E-state index in [1.165, 1.54) is 6.08 Å². The third-order valence-corrected chi connectivity index (χ3v) is 4.85. The van der Waals surface area contributed by atoms with Crippen molar-refractivity contribution in [3.05, 3.63) is 83.2 Å². The van der Waals surface area contributed by atoms with Crippen LogP contribution in [0.4, 0.5) is 10.5 Å². The maximum absolute atomic E-state index is 12.6. The summed E-state index contributed by atoms with van der Waals surface area (Å²) in [6, 6.07) is 18.0. The van der Waals surface area contributed by atoms with Gasteiger partial charge in [-0.05, 0) is 38.1 Å². The van der Waals surface area contributed by atoms with Crippen molar-refractivity contribution in [1.82, 2.24) is 10.2 Å². The molecule has 1 aliphatic rings. The Morgan fingerprint density at radius 1 is 0.968 bits per heavy atom. The lowest BCUT2D eigenvalue weighted by Gasteiger charge is -2.12. The minimum Gasteiger partial charge on any atom is -0.457 e.